The van der Waals surface area contributed by atoms with Crippen LogP contribution in [0.2, 0.25) is 0 Å². The van der Waals surface area contributed by atoms with Gasteiger partial charge in [0, 0.05) is 6.42 Å². The summed E-state index contributed by atoms with van der Waals surface area (Å²) in [6.45, 7) is 5.80. The van der Waals surface area contributed by atoms with Crippen LogP contribution in [0.3, 0.4) is 0 Å². The van der Waals surface area contributed by atoms with Gasteiger partial charge >= 0.3 is 0 Å². The summed E-state index contributed by atoms with van der Waals surface area (Å²) >= 11 is 0. The Morgan fingerprint density at radius 3 is 1.65 bits per heavy atom. The monoisotopic (exact) mass is 363 g/mol. The van der Waals surface area contributed by atoms with Crippen LogP contribution in [0.4, 0.5) is 0 Å². The molecular formula is C24H47N2+. The van der Waals surface area contributed by atoms with Crippen LogP contribution in [0.5, 0.6) is 0 Å². The molecule has 0 aliphatic rings. The molecule has 0 N–H and O–H groups in total. The number of unbranched alkanes of at least 4 members (excludes halogenated alkanes) is 14. The standard InChI is InChI=1S/C24H47N2/c1-4-6-8-10-12-13-14-15-16-18-20-24-25(3)22-23-26(24)21-19-17-11-9-7-5-2/h22-23H,4-21H2,1-3H3/q+1. The van der Waals surface area contributed by atoms with Crippen molar-refractivity contribution in [3.05, 3.63) is 18.2 Å². The van der Waals surface area contributed by atoms with E-state index >= 15 is 0 Å². The average Bonchev–Trinajstić information content (AvgIpc) is 2.99. The number of hydrogen-bond acceptors (Lipinski definition) is 0. The minimum atomic E-state index is 1.21. The van der Waals surface area contributed by atoms with Gasteiger partial charge in [0.1, 0.15) is 12.4 Å². The van der Waals surface area contributed by atoms with E-state index in [4.69, 9.17) is 0 Å². The molecule has 26 heavy (non-hydrogen) atoms. The van der Waals surface area contributed by atoms with Gasteiger partial charge in [-0.2, -0.15) is 0 Å². The summed E-state index contributed by atoms with van der Waals surface area (Å²) in [5.74, 6) is 1.53. The quantitative estimate of drug-likeness (QED) is 0.194. The zero-order chi connectivity index (χ0) is 18.9. The third-order valence-electron chi connectivity index (χ3n) is 5.72. The first-order valence-corrected chi connectivity index (χ1v) is 11.8. The van der Waals surface area contributed by atoms with E-state index in [9.17, 15) is 0 Å². The van der Waals surface area contributed by atoms with Gasteiger partial charge in [0.15, 0.2) is 0 Å². The third-order valence-corrected chi connectivity index (χ3v) is 5.72. The van der Waals surface area contributed by atoms with E-state index in [0.717, 1.165) is 0 Å². The van der Waals surface area contributed by atoms with Crippen LogP contribution in [0.25, 0.3) is 0 Å². The molecule has 1 heterocycles. The van der Waals surface area contributed by atoms with Crippen molar-refractivity contribution in [2.45, 2.75) is 130 Å². The average molecular weight is 364 g/mol. The maximum absolute atomic E-state index is 2.51. The highest BCUT2D eigenvalue weighted by atomic mass is 15.1. The molecule has 2 heteroatoms. The fourth-order valence-electron chi connectivity index (χ4n) is 3.91. The van der Waals surface area contributed by atoms with Gasteiger partial charge in [-0.05, 0) is 19.3 Å². The van der Waals surface area contributed by atoms with E-state index in [0.29, 0.717) is 0 Å². The van der Waals surface area contributed by atoms with Crippen molar-refractivity contribution in [3.8, 4) is 0 Å². The lowest BCUT2D eigenvalue weighted by Gasteiger charge is -2.04. The Balaban J connectivity index is 2.08. The number of imidazole rings is 1. The van der Waals surface area contributed by atoms with E-state index in [1.165, 1.54) is 122 Å². The summed E-state index contributed by atoms with van der Waals surface area (Å²) in [5.41, 5.74) is 0. The molecule has 0 aliphatic carbocycles. The SMILES string of the molecule is CCCCCCCCCCCCc1n(C)cc[n+]1CCCCCCCC. The Kier molecular flexibility index (Phi) is 14.7. The Hall–Kier alpha value is -0.790. The zero-order valence-corrected chi connectivity index (χ0v) is 18.3. The topological polar surface area (TPSA) is 8.81 Å². The number of aryl methyl sites for hydroxylation is 2. The normalized spacial score (nSPS) is 11.3. The van der Waals surface area contributed by atoms with Crippen molar-refractivity contribution >= 4 is 0 Å². The van der Waals surface area contributed by atoms with Gasteiger partial charge in [-0.25, -0.2) is 9.13 Å². The Morgan fingerprint density at radius 1 is 0.654 bits per heavy atom. The van der Waals surface area contributed by atoms with Crippen LogP contribution < -0.4 is 4.57 Å². The lowest BCUT2D eigenvalue weighted by atomic mass is 10.1. The molecule has 0 saturated heterocycles. The molecule has 0 radical (unpaired) electrons. The summed E-state index contributed by atoms with van der Waals surface area (Å²) in [4.78, 5) is 0. The molecule has 0 aromatic carbocycles. The van der Waals surface area contributed by atoms with Crippen molar-refractivity contribution < 1.29 is 4.57 Å². The van der Waals surface area contributed by atoms with E-state index in [1.807, 2.05) is 0 Å². The van der Waals surface area contributed by atoms with Crippen LogP contribution >= 0.6 is 0 Å². The summed E-state index contributed by atoms with van der Waals surface area (Å²) < 4.78 is 4.85. The first-order chi connectivity index (χ1) is 12.8. The first-order valence-electron chi connectivity index (χ1n) is 11.8. The fourth-order valence-corrected chi connectivity index (χ4v) is 3.91. The van der Waals surface area contributed by atoms with Crippen LogP contribution in [0.1, 0.15) is 122 Å². The molecular weight excluding hydrogens is 316 g/mol. The van der Waals surface area contributed by atoms with E-state index in [1.54, 1.807) is 0 Å². The summed E-state index contributed by atoms with van der Waals surface area (Å²) in [7, 11) is 2.21. The van der Waals surface area contributed by atoms with Crippen LogP contribution in [-0.2, 0) is 20.0 Å². The fraction of sp³-hybridized carbons (Fsp3) is 0.875. The second-order valence-electron chi connectivity index (χ2n) is 8.22. The summed E-state index contributed by atoms with van der Waals surface area (Å²) in [5, 5.41) is 0. The van der Waals surface area contributed by atoms with Crippen molar-refractivity contribution in [1.29, 1.82) is 0 Å². The van der Waals surface area contributed by atoms with Gasteiger partial charge in [0.2, 0.25) is 0 Å². The van der Waals surface area contributed by atoms with E-state index in [-0.39, 0.29) is 0 Å². The number of rotatable bonds is 18. The minimum absolute atomic E-state index is 1.21. The largest absolute Gasteiger partial charge is 0.256 e. The summed E-state index contributed by atoms with van der Waals surface area (Å²) in [6.07, 6.45) is 28.3. The molecule has 0 saturated carbocycles. The van der Waals surface area contributed by atoms with Crippen LogP contribution in [0, 0.1) is 0 Å². The molecule has 0 atom stereocenters. The second-order valence-corrected chi connectivity index (χ2v) is 8.22. The lowest BCUT2D eigenvalue weighted by Crippen LogP contribution is -2.37. The molecule has 1 aromatic rings. The molecule has 0 spiro atoms. The van der Waals surface area contributed by atoms with Gasteiger partial charge in [-0.15, -0.1) is 0 Å². The highest BCUT2D eigenvalue weighted by Crippen LogP contribution is 2.12. The van der Waals surface area contributed by atoms with Gasteiger partial charge in [0.05, 0.1) is 13.6 Å². The van der Waals surface area contributed by atoms with Gasteiger partial charge in [-0.1, -0.05) is 97.3 Å². The predicted octanol–water partition coefficient (Wildman–Crippen LogP) is 7.14. The molecule has 0 unspecified atom stereocenters. The maximum Gasteiger partial charge on any atom is 0.256 e. The molecule has 1 rings (SSSR count). The van der Waals surface area contributed by atoms with Crippen molar-refractivity contribution in [2.75, 3.05) is 0 Å². The summed E-state index contributed by atoms with van der Waals surface area (Å²) in [6, 6.07) is 0. The van der Waals surface area contributed by atoms with Crippen molar-refractivity contribution in [3.63, 3.8) is 0 Å². The Labute approximate surface area is 164 Å². The molecule has 0 amide bonds. The number of aromatic nitrogens is 2. The predicted molar refractivity (Wildman–Crippen MR) is 115 cm³/mol. The minimum Gasteiger partial charge on any atom is -0.237 e. The Morgan fingerprint density at radius 2 is 1.12 bits per heavy atom. The lowest BCUT2D eigenvalue weighted by molar-refractivity contribution is -0.704. The Bertz CT molecular complexity index is 422. The highest BCUT2D eigenvalue weighted by Gasteiger charge is 2.13. The highest BCUT2D eigenvalue weighted by molar-refractivity contribution is 4.82. The van der Waals surface area contributed by atoms with Gasteiger partial charge in [-0.3, -0.25) is 0 Å². The first kappa shape index (κ1) is 23.2. The van der Waals surface area contributed by atoms with Crippen LogP contribution in [-0.4, -0.2) is 4.57 Å². The molecule has 2 nitrogen and oxygen atoms in total. The van der Waals surface area contributed by atoms with E-state index in [2.05, 4.69) is 42.4 Å². The molecule has 1 aromatic heterocycles. The van der Waals surface area contributed by atoms with Gasteiger partial charge in [0.25, 0.3) is 5.82 Å². The second kappa shape index (κ2) is 16.4. The number of hydrogen-bond donors (Lipinski definition) is 0. The molecule has 0 fully saturated rings. The van der Waals surface area contributed by atoms with E-state index < -0.39 is 0 Å². The maximum atomic E-state index is 2.51. The van der Waals surface area contributed by atoms with Crippen molar-refractivity contribution in [2.24, 2.45) is 7.05 Å². The molecule has 0 aliphatic heterocycles. The van der Waals surface area contributed by atoms with Crippen LogP contribution in [0.15, 0.2) is 12.4 Å². The molecule has 152 valence electrons. The zero-order valence-electron chi connectivity index (χ0n) is 18.3. The smallest absolute Gasteiger partial charge is 0.237 e. The number of nitrogens with zero attached hydrogens (tertiary/aromatic N) is 2. The third kappa shape index (κ3) is 11.0. The molecule has 0 bridgehead atoms. The van der Waals surface area contributed by atoms with Gasteiger partial charge < -0.3 is 0 Å². The van der Waals surface area contributed by atoms with Crippen molar-refractivity contribution in [1.82, 2.24) is 4.57 Å².